The summed E-state index contributed by atoms with van der Waals surface area (Å²) in [5.74, 6) is -1.42. The Morgan fingerprint density at radius 2 is 0.631 bits per heavy atom. The van der Waals surface area contributed by atoms with Crippen LogP contribution in [-0.2, 0) is 55.5 Å². The number of ether oxygens (including phenoxy) is 9. The van der Waals surface area contributed by atoms with Crippen LogP contribution in [0.3, 0.4) is 0 Å². The number of rotatable bonds is 34. The van der Waals surface area contributed by atoms with Crippen molar-refractivity contribution in [3.8, 4) is 0 Å². The second-order valence-corrected chi connectivity index (χ2v) is 15.1. The molecule has 0 atom stereocenters. The highest BCUT2D eigenvalue weighted by Gasteiger charge is 2.34. The van der Waals surface area contributed by atoms with E-state index >= 15 is 0 Å². The first kappa shape index (κ1) is 49.7. The monoisotopic (exact) mass is 902 g/mol. The number of carbonyl (C=O) groups is 4. The zero-order chi connectivity index (χ0) is 45.6. The molecule has 0 bridgehead atoms. The fourth-order valence-corrected chi connectivity index (χ4v) is 7.72. The quantitative estimate of drug-likeness (QED) is 0.0510. The van der Waals surface area contributed by atoms with Crippen LogP contribution in [0.25, 0.3) is 21.5 Å². The van der Waals surface area contributed by atoms with E-state index in [-0.39, 0.29) is 76.4 Å². The van der Waals surface area contributed by atoms with Gasteiger partial charge in [-0.2, -0.15) is 0 Å². The molecule has 17 nitrogen and oxygen atoms in total. The molecule has 0 saturated heterocycles. The maximum absolute atomic E-state index is 13.5. The normalized spacial score (nSPS) is 13.6. The molecule has 2 aliphatic rings. The van der Waals surface area contributed by atoms with Crippen molar-refractivity contribution in [1.29, 1.82) is 0 Å². The molecule has 4 amide bonds. The number of carbonyl (C=O) groups excluding carboxylic acids is 4. The molecule has 0 saturated carbocycles. The third-order valence-corrected chi connectivity index (χ3v) is 10.9. The fraction of sp³-hybridized carbons (Fsp3) is 0.500. The highest BCUT2D eigenvalue weighted by Crippen LogP contribution is 2.34. The summed E-state index contributed by atoms with van der Waals surface area (Å²) in [6.45, 7) is 8.22. The molecule has 2 heterocycles. The number of benzene rings is 4. The second-order valence-electron chi connectivity index (χ2n) is 15.1. The van der Waals surface area contributed by atoms with Crippen molar-refractivity contribution < 1.29 is 61.8 Å². The Labute approximate surface area is 379 Å². The van der Waals surface area contributed by atoms with Crippen LogP contribution in [0.5, 0.6) is 0 Å². The Balaban J connectivity index is 0.841. The molecule has 17 heteroatoms. The Hall–Kier alpha value is -4.76. The van der Waals surface area contributed by atoms with Crippen LogP contribution in [0, 0.1) is 0 Å². The number of hydrogen-bond donors (Lipinski definition) is 2. The van der Waals surface area contributed by atoms with Gasteiger partial charge in [-0.15, -0.1) is 0 Å². The van der Waals surface area contributed by atoms with Crippen LogP contribution in [0.15, 0.2) is 60.7 Å². The molecule has 4 aromatic carbocycles. The van der Waals surface area contributed by atoms with E-state index in [1.54, 1.807) is 24.3 Å². The number of nitrogens with zero attached hydrogens (tertiary/aromatic N) is 2. The zero-order valence-corrected chi connectivity index (χ0v) is 37.1. The molecule has 4 aromatic rings. The van der Waals surface area contributed by atoms with Gasteiger partial charge in [-0.1, -0.05) is 36.4 Å². The van der Waals surface area contributed by atoms with Crippen molar-refractivity contribution in [1.82, 2.24) is 9.80 Å². The van der Waals surface area contributed by atoms with E-state index in [1.807, 2.05) is 36.4 Å². The third kappa shape index (κ3) is 13.7. The average Bonchev–Trinajstić information content (AvgIpc) is 3.32. The summed E-state index contributed by atoms with van der Waals surface area (Å²) in [6, 6.07) is 18.4. The first-order valence-corrected chi connectivity index (χ1v) is 22.4. The van der Waals surface area contributed by atoms with Gasteiger partial charge >= 0.3 is 0 Å². The lowest BCUT2D eigenvalue weighted by atomic mass is 9.90. The lowest BCUT2D eigenvalue weighted by molar-refractivity contribution is 0.00785. The van der Waals surface area contributed by atoms with Crippen LogP contribution in [0.4, 0.5) is 0 Å². The standard InChI is InChI=1S/C48H62N4O13/c49-13-19-59-25-31-63-29-23-57-17-11-35-7-9-41-43-37(35)3-1-5-39(43)45(53)51(47(41)55)15-21-61-27-33-65-34-28-62-22-16-52-46(54)40-6-2-4-38-36(8-10-42(44(38)40)48(52)56)12-18-58-24-30-64-32-26-60-20-14-50/h1-10H,11-34,49-50H2. The molecule has 0 fully saturated rings. The lowest BCUT2D eigenvalue weighted by Crippen LogP contribution is -2.42. The summed E-state index contributed by atoms with van der Waals surface area (Å²) in [6.07, 6.45) is 1.24. The molecule has 0 radical (unpaired) electrons. The van der Waals surface area contributed by atoms with Crippen LogP contribution in [0.1, 0.15) is 52.6 Å². The summed E-state index contributed by atoms with van der Waals surface area (Å²) >= 11 is 0. The first-order chi connectivity index (χ1) is 32.0. The lowest BCUT2D eigenvalue weighted by Gasteiger charge is -2.28. The molecule has 65 heavy (non-hydrogen) atoms. The maximum Gasteiger partial charge on any atom is 0.261 e. The largest absolute Gasteiger partial charge is 0.379 e. The van der Waals surface area contributed by atoms with Crippen LogP contribution < -0.4 is 11.5 Å². The van der Waals surface area contributed by atoms with Crippen molar-refractivity contribution in [3.63, 3.8) is 0 Å². The van der Waals surface area contributed by atoms with Gasteiger partial charge in [-0.3, -0.25) is 29.0 Å². The highest BCUT2D eigenvalue weighted by atomic mass is 16.6. The van der Waals surface area contributed by atoms with Gasteiger partial charge in [0, 0.05) is 46.1 Å². The van der Waals surface area contributed by atoms with Gasteiger partial charge in [0.05, 0.1) is 132 Å². The summed E-state index contributed by atoms with van der Waals surface area (Å²) in [5.41, 5.74) is 14.7. The van der Waals surface area contributed by atoms with Crippen molar-refractivity contribution in [2.24, 2.45) is 11.5 Å². The maximum atomic E-state index is 13.5. The molecule has 0 aliphatic carbocycles. The summed E-state index contributed by atoms with van der Waals surface area (Å²) in [7, 11) is 0. The topological polar surface area (TPSA) is 210 Å². The highest BCUT2D eigenvalue weighted by molar-refractivity contribution is 6.26. The van der Waals surface area contributed by atoms with Crippen LogP contribution in [0.2, 0.25) is 0 Å². The van der Waals surface area contributed by atoms with Crippen molar-refractivity contribution in [2.45, 2.75) is 12.8 Å². The van der Waals surface area contributed by atoms with E-state index in [9.17, 15) is 19.2 Å². The Morgan fingerprint density at radius 1 is 0.338 bits per heavy atom. The van der Waals surface area contributed by atoms with Gasteiger partial charge in [-0.25, -0.2) is 0 Å². The number of hydrogen-bond acceptors (Lipinski definition) is 15. The van der Waals surface area contributed by atoms with Crippen molar-refractivity contribution in [2.75, 3.05) is 145 Å². The van der Waals surface area contributed by atoms with E-state index in [1.165, 1.54) is 9.80 Å². The smallest absolute Gasteiger partial charge is 0.261 e. The Morgan fingerprint density at radius 3 is 0.969 bits per heavy atom. The van der Waals surface area contributed by atoms with Gasteiger partial charge in [0.1, 0.15) is 0 Å². The zero-order valence-electron chi connectivity index (χ0n) is 37.1. The predicted molar refractivity (Wildman–Crippen MR) is 242 cm³/mol. The molecule has 4 N–H and O–H groups in total. The number of amides is 4. The molecular weight excluding hydrogens is 841 g/mol. The van der Waals surface area contributed by atoms with E-state index in [2.05, 4.69) is 0 Å². The van der Waals surface area contributed by atoms with E-state index in [0.717, 1.165) is 21.9 Å². The molecular formula is C48H62N4O13. The van der Waals surface area contributed by atoms with Gasteiger partial charge in [0.25, 0.3) is 23.6 Å². The minimum atomic E-state index is -0.355. The number of imide groups is 2. The molecule has 2 aliphatic heterocycles. The average molecular weight is 903 g/mol. The predicted octanol–water partition coefficient (Wildman–Crippen LogP) is 3.04. The van der Waals surface area contributed by atoms with Gasteiger partial charge in [0.2, 0.25) is 0 Å². The number of nitrogens with two attached hydrogens (primary N) is 2. The van der Waals surface area contributed by atoms with Crippen molar-refractivity contribution >= 4 is 45.2 Å². The first-order valence-electron chi connectivity index (χ1n) is 22.4. The van der Waals surface area contributed by atoms with Gasteiger partial charge in [-0.05, 0) is 59.0 Å². The van der Waals surface area contributed by atoms with Crippen LogP contribution >= 0.6 is 0 Å². The minimum Gasteiger partial charge on any atom is -0.379 e. The summed E-state index contributed by atoms with van der Waals surface area (Å²) in [4.78, 5) is 56.4. The van der Waals surface area contributed by atoms with Crippen molar-refractivity contribution in [3.05, 3.63) is 94.0 Å². The second kappa shape index (κ2) is 27.0. The van der Waals surface area contributed by atoms with E-state index < -0.39 is 0 Å². The van der Waals surface area contributed by atoms with Crippen LogP contribution in [-0.4, -0.2) is 179 Å². The Bertz CT molecular complexity index is 1990. The Kier molecular flexibility index (Phi) is 20.6. The summed E-state index contributed by atoms with van der Waals surface area (Å²) < 4.78 is 50.1. The minimum absolute atomic E-state index is 0.0979. The van der Waals surface area contributed by atoms with Gasteiger partial charge in [0.15, 0.2) is 0 Å². The molecule has 0 unspecified atom stereocenters. The fourth-order valence-electron chi connectivity index (χ4n) is 7.72. The van der Waals surface area contributed by atoms with E-state index in [0.29, 0.717) is 138 Å². The summed E-state index contributed by atoms with van der Waals surface area (Å²) in [5, 5.41) is 3.05. The third-order valence-electron chi connectivity index (χ3n) is 10.9. The molecule has 352 valence electrons. The molecule has 6 rings (SSSR count). The molecule has 0 aromatic heterocycles. The molecule has 0 spiro atoms. The van der Waals surface area contributed by atoms with E-state index in [4.69, 9.17) is 54.1 Å². The SMILES string of the molecule is NCCOCCOCCOCCc1ccc2c3c(cccc13)C(=O)N(CCOCCOCCOCCN1C(=O)c3cccc4c(CCOCCOCCOCCN)ccc(c34)C1=O)C2=O. The van der Waals surface area contributed by atoms with Gasteiger partial charge < -0.3 is 54.1 Å².